The van der Waals surface area contributed by atoms with Crippen LogP contribution in [0.1, 0.15) is 23.5 Å². The predicted octanol–water partition coefficient (Wildman–Crippen LogP) is 4.28. The van der Waals surface area contributed by atoms with Gasteiger partial charge in [-0.25, -0.2) is 4.79 Å². The molecule has 182 valence electrons. The van der Waals surface area contributed by atoms with Crippen LogP contribution in [0.25, 0.3) is 0 Å². The van der Waals surface area contributed by atoms with Crippen LogP contribution in [0.3, 0.4) is 0 Å². The molecule has 1 fully saturated rings. The summed E-state index contributed by atoms with van der Waals surface area (Å²) in [5, 5.41) is 3.00. The number of carbonyl (C=O) groups excluding carboxylic acids is 2. The molecule has 7 heteroatoms. The summed E-state index contributed by atoms with van der Waals surface area (Å²) in [6, 6.07) is 25.7. The minimum Gasteiger partial charge on any atom is -0.497 e. The lowest BCUT2D eigenvalue weighted by molar-refractivity contribution is -0.121. The van der Waals surface area contributed by atoms with Crippen LogP contribution in [-0.4, -0.2) is 57.2 Å². The highest BCUT2D eigenvalue weighted by molar-refractivity contribution is 5.97. The molecule has 0 saturated carbocycles. The lowest BCUT2D eigenvalue weighted by Gasteiger charge is -2.21. The summed E-state index contributed by atoms with van der Waals surface area (Å²) in [6.07, 6.45) is 0.765. The van der Waals surface area contributed by atoms with Gasteiger partial charge in [0, 0.05) is 31.6 Å². The van der Waals surface area contributed by atoms with Crippen molar-refractivity contribution in [3.8, 4) is 11.5 Å². The molecule has 0 spiro atoms. The summed E-state index contributed by atoms with van der Waals surface area (Å²) >= 11 is 0. The molecule has 1 heterocycles. The van der Waals surface area contributed by atoms with Crippen LogP contribution in [0, 0.1) is 0 Å². The standard InChI is InChI=1S/C28H31N3O4/c1-34-23-13-14-26(35-2)25(19-23)31-18-17-30(28(31)33)20-27(32)29-16-15-24(21-9-5-3-6-10-21)22-11-7-4-8-12-22/h3-14,19,24H,15-18,20H2,1-2H3,(H,29,32). The van der Waals surface area contributed by atoms with Crippen LogP contribution >= 0.6 is 0 Å². The van der Waals surface area contributed by atoms with Gasteiger partial charge in [0.15, 0.2) is 0 Å². The Kier molecular flexibility index (Phi) is 7.88. The van der Waals surface area contributed by atoms with E-state index >= 15 is 0 Å². The Morgan fingerprint density at radius 3 is 2.17 bits per heavy atom. The van der Waals surface area contributed by atoms with Crippen molar-refractivity contribution in [3.63, 3.8) is 0 Å². The maximum atomic E-state index is 13.0. The van der Waals surface area contributed by atoms with Crippen LogP contribution in [0.5, 0.6) is 11.5 Å². The second-order valence-corrected chi connectivity index (χ2v) is 8.41. The SMILES string of the molecule is COc1ccc(OC)c(N2CCN(CC(=O)NCCC(c3ccccc3)c3ccccc3)C2=O)c1. The van der Waals surface area contributed by atoms with E-state index in [1.165, 1.54) is 11.1 Å². The van der Waals surface area contributed by atoms with Crippen LogP contribution in [-0.2, 0) is 4.79 Å². The highest BCUT2D eigenvalue weighted by atomic mass is 16.5. The Morgan fingerprint density at radius 2 is 1.57 bits per heavy atom. The first-order chi connectivity index (χ1) is 17.1. The molecule has 7 nitrogen and oxygen atoms in total. The van der Waals surface area contributed by atoms with Crippen LogP contribution in [0.15, 0.2) is 78.9 Å². The molecule has 0 bridgehead atoms. The molecule has 3 amide bonds. The zero-order valence-corrected chi connectivity index (χ0v) is 20.1. The molecule has 1 N–H and O–H groups in total. The molecule has 1 aliphatic rings. The number of ether oxygens (including phenoxy) is 2. The van der Waals surface area contributed by atoms with Crippen molar-refractivity contribution in [3.05, 3.63) is 90.0 Å². The molecule has 35 heavy (non-hydrogen) atoms. The molecule has 0 unspecified atom stereocenters. The third-order valence-corrected chi connectivity index (χ3v) is 6.27. The average Bonchev–Trinajstić information content (AvgIpc) is 3.26. The van der Waals surface area contributed by atoms with Crippen LogP contribution in [0.4, 0.5) is 10.5 Å². The van der Waals surface area contributed by atoms with E-state index in [9.17, 15) is 9.59 Å². The summed E-state index contributed by atoms with van der Waals surface area (Å²) in [5.41, 5.74) is 3.06. The molecule has 3 aromatic rings. The van der Waals surface area contributed by atoms with E-state index in [4.69, 9.17) is 9.47 Å². The average molecular weight is 474 g/mol. The fourth-order valence-corrected chi connectivity index (χ4v) is 4.44. The Bertz CT molecular complexity index is 1100. The zero-order valence-electron chi connectivity index (χ0n) is 20.1. The number of urea groups is 1. The van der Waals surface area contributed by atoms with Gasteiger partial charge in [0.25, 0.3) is 0 Å². The lowest BCUT2D eigenvalue weighted by Crippen LogP contribution is -2.40. The van der Waals surface area contributed by atoms with Gasteiger partial charge < -0.3 is 19.7 Å². The van der Waals surface area contributed by atoms with Crippen LogP contribution < -0.4 is 19.7 Å². The maximum absolute atomic E-state index is 13.0. The Hall–Kier alpha value is -4.00. The number of amides is 3. The van der Waals surface area contributed by atoms with Crippen molar-refractivity contribution >= 4 is 17.6 Å². The van der Waals surface area contributed by atoms with E-state index in [0.717, 1.165) is 6.42 Å². The fourth-order valence-electron chi connectivity index (χ4n) is 4.44. The molecule has 1 aliphatic heterocycles. The predicted molar refractivity (Wildman–Crippen MR) is 136 cm³/mol. The van der Waals surface area contributed by atoms with Crippen LogP contribution in [0.2, 0.25) is 0 Å². The number of anilines is 1. The summed E-state index contributed by atoms with van der Waals surface area (Å²) in [6.45, 7) is 1.47. The summed E-state index contributed by atoms with van der Waals surface area (Å²) in [5.74, 6) is 1.23. The van der Waals surface area contributed by atoms with Crippen molar-refractivity contribution in [2.75, 3.05) is 45.3 Å². The van der Waals surface area contributed by atoms with Crippen molar-refractivity contribution in [1.29, 1.82) is 0 Å². The van der Waals surface area contributed by atoms with E-state index < -0.39 is 0 Å². The number of nitrogens with zero attached hydrogens (tertiary/aromatic N) is 2. The van der Waals surface area contributed by atoms with E-state index in [0.29, 0.717) is 36.8 Å². The van der Waals surface area contributed by atoms with Crippen molar-refractivity contribution in [1.82, 2.24) is 10.2 Å². The van der Waals surface area contributed by atoms with Gasteiger partial charge in [0.1, 0.15) is 18.0 Å². The third-order valence-electron chi connectivity index (χ3n) is 6.27. The molecular weight excluding hydrogens is 442 g/mol. The fraction of sp³-hybridized carbons (Fsp3) is 0.286. The summed E-state index contributed by atoms with van der Waals surface area (Å²) < 4.78 is 10.7. The van der Waals surface area contributed by atoms with Gasteiger partial charge in [0.05, 0.1) is 19.9 Å². The van der Waals surface area contributed by atoms with Gasteiger partial charge in [-0.15, -0.1) is 0 Å². The van der Waals surface area contributed by atoms with E-state index in [2.05, 4.69) is 29.6 Å². The maximum Gasteiger partial charge on any atom is 0.325 e. The van der Waals surface area contributed by atoms with Crippen molar-refractivity contribution < 1.29 is 19.1 Å². The highest BCUT2D eigenvalue weighted by Crippen LogP contribution is 2.34. The largest absolute Gasteiger partial charge is 0.497 e. The topological polar surface area (TPSA) is 71.1 Å². The van der Waals surface area contributed by atoms with E-state index in [-0.39, 0.29) is 24.4 Å². The summed E-state index contributed by atoms with van der Waals surface area (Å²) in [7, 11) is 3.14. The Morgan fingerprint density at radius 1 is 0.914 bits per heavy atom. The number of hydrogen-bond acceptors (Lipinski definition) is 4. The number of rotatable bonds is 10. The number of methoxy groups -OCH3 is 2. The quantitative estimate of drug-likeness (QED) is 0.477. The molecule has 3 aromatic carbocycles. The number of hydrogen-bond donors (Lipinski definition) is 1. The number of carbonyl (C=O) groups is 2. The second-order valence-electron chi connectivity index (χ2n) is 8.41. The molecule has 1 saturated heterocycles. The van der Waals surface area contributed by atoms with Gasteiger partial charge >= 0.3 is 6.03 Å². The smallest absolute Gasteiger partial charge is 0.325 e. The van der Waals surface area contributed by atoms with E-state index in [1.807, 2.05) is 36.4 Å². The first-order valence-corrected chi connectivity index (χ1v) is 11.8. The second kappa shape index (κ2) is 11.4. The van der Waals surface area contributed by atoms with Gasteiger partial charge in [-0.05, 0) is 29.7 Å². The summed E-state index contributed by atoms with van der Waals surface area (Å²) in [4.78, 5) is 28.9. The molecule has 0 atom stereocenters. The van der Waals surface area contributed by atoms with E-state index in [1.54, 1.807) is 42.2 Å². The monoisotopic (exact) mass is 473 g/mol. The minimum atomic E-state index is -0.224. The van der Waals surface area contributed by atoms with Gasteiger partial charge in [-0.2, -0.15) is 0 Å². The normalized spacial score (nSPS) is 13.3. The Labute approximate surface area is 206 Å². The van der Waals surface area contributed by atoms with Gasteiger partial charge in [-0.1, -0.05) is 60.7 Å². The molecule has 0 radical (unpaired) electrons. The molecule has 4 rings (SSSR count). The first kappa shape index (κ1) is 24.1. The minimum absolute atomic E-state index is 0.0168. The first-order valence-electron chi connectivity index (χ1n) is 11.8. The Balaban J connectivity index is 1.35. The highest BCUT2D eigenvalue weighted by Gasteiger charge is 2.32. The third kappa shape index (κ3) is 5.74. The lowest BCUT2D eigenvalue weighted by atomic mass is 9.88. The van der Waals surface area contributed by atoms with Crippen molar-refractivity contribution in [2.24, 2.45) is 0 Å². The molecule has 0 aliphatic carbocycles. The van der Waals surface area contributed by atoms with Gasteiger partial charge in [-0.3, -0.25) is 9.69 Å². The zero-order chi connectivity index (χ0) is 24.6. The van der Waals surface area contributed by atoms with Gasteiger partial charge in [0.2, 0.25) is 5.91 Å². The molecular formula is C28H31N3O4. The van der Waals surface area contributed by atoms with Crippen molar-refractivity contribution in [2.45, 2.75) is 12.3 Å². The molecule has 0 aromatic heterocycles. The number of nitrogens with one attached hydrogen (secondary N) is 1. The number of benzene rings is 3.